The zero-order chi connectivity index (χ0) is 18.6. The van der Waals surface area contributed by atoms with Crippen molar-refractivity contribution in [3.8, 4) is 0 Å². The van der Waals surface area contributed by atoms with Gasteiger partial charge in [0.1, 0.15) is 11.0 Å². The van der Waals surface area contributed by atoms with Crippen molar-refractivity contribution in [3.05, 3.63) is 23.3 Å². The number of amides is 2. The number of carbonyl (C=O) groups excluding carboxylic acids is 2. The second-order valence-corrected chi connectivity index (χ2v) is 7.11. The molecule has 1 fully saturated rings. The summed E-state index contributed by atoms with van der Waals surface area (Å²) in [5.74, 6) is -1.09. The van der Waals surface area contributed by atoms with Crippen LogP contribution >= 0.6 is 12.2 Å². The molecular formula is C17H26N4O3S. The molecule has 0 spiro atoms. The Hall–Kier alpha value is -1.61. The predicted octanol–water partition coefficient (Wildman–Crippen LogP) is -0.00160. The Balaban J connectivity index is 1.90. The highest BCUT2D eigenvalue weighted by Gasteiger charge is 2.24. The maximum absolute atomic E-state index is 12.2. The maximum atomic E-state index is 12.2. The fraction of sp³-hybridized carbons (Fsp3) is 0.588. The molecular weight excluding hydrogens is 340 g/mol. The van der Waals surface area contributed by atoms with Crippen LogP contribution in [0.4, 0.5) is 0 Å². The Morgan fingerprint density at radius 2 is 1.96 bits per heavy atom. The molecule has 2 aliphatic rings. The van der Waals surface area contributed by atoms with Crippen molar-refractivity contribution in [2.24, 2.45) is 11.5 Å². The molecule has 3 unspecified atom stereocenters. The van der Waals surface area contributed by atoms with Crippen molar-refractivity contribution < 1.29 is 14.3 Å². The molecule has 0 bridgehead atoms. The molecule has 3 atom stereocenters. The van der Waals surface area contributed by atoms with Gasteiger partial charge >= 0.3 is 0 Å². The summed E-state index contributed by atoms with van der Waals surface area (Å²) in [6, 6.07) is -1.15. The van der Waals surface area contributed by atoms with Gasteiger partial charge in [-0.15, -0.1) is 0 Å². The van der Waals surface area contributed by atoms with Crippen LogP contribution in [0.15, 0.2) is 23.3 Å². The number of thiocarbonyl (C=S) groups is 1. The Morgan fingerprint density at radius 1 is 1.32 bits per heavy atom. The number of ether oxygens (including phenoxy) is 1. The summed E-state index contributed by atoms with van der Waals surface area (Å²) in [5, 5.41) is 2.48. The van der Waals surface area contributed by atoms with Crippen LogP contribution in [0.25, 0.3) is 0 Å². The van der Waals surface area contributed by atoms with Gasteiger partial charge in [0.25, 0.3) is 5.91 Å². The number of primary amides is 1. The summed E-state index contributed by atoms with van der Waals surface area (Å²) in [4.78, 5) is 25.5. The van der Waals surface area contributed by atoms with E-state index < -0.39 is 11.9 Å². The molecule has 1 aliphatic heterocycles. The molecule has 1 heterocycles. The van der Waals surface area contributed by atoms with Gasteiger partial charge in [-0.05, 0) is 26.7 Å². The van der Waals surface area contributed by atoms with E-state index in [4.69, 9.17) is 28.4 Å². The Bertz CT molecular complexity index is 607. The molecule has 2 rings (SSSR count). The van der Waals surface area contributed by atoms with Crippen molar-refractivity contribution in [1.29, 1.82) is 0 Å². The quantitative estimate of drug-likeness (QED) is 0.591. The predicted molar refractivity (Wildman–Crippen MR) is 99.8 cm³/mol. The lowest BCUT2D eigenvalue weighted by Crippen LogP contribution is -2.50. The highest BCUT2D eigenvalue weighted by molar-refractivity contribution is 7.80. The van der Waals surface area contributed by atoms with Gasteiger partial charge < -0.3 is 21.5 Å². The smallest absolute Gasteiger partial charge is 0.252 e. The highest BCUT2D eigenvalue weighted by Crippen LogP contribution is 2.21. The first-order valence-electron chi connectivity index (χ1n) is 8.42. The normalized spacial score (nSPS) is 25.6. The van der Waals surface area contributed by atoms with E-state index in [1.54, 1.807) is 6.08 Å². The lowest BCUT2D eigenvalue weighted by Gasteiger charge is -2.36. The van der Waals surface area contributed by atoms with Gasteiger partial charge in [-0.3, -0.25) is 14.5 Å². The summed E-state index contributed by atoms with van der Waals surface area (Å²) in [6.45, 7) is 6.88. The van der Waals surface area contributed by atoms with Crippen LogP contribution in [0.3, 0.4) is 0 Å². The third kappa shape index (κ3) is 5.71. The average molecular weight is 366 g/mol. The van der Waals surface area contributed by atoms with Crippen LogP contribution < -0.4 is 16.8 Å². The Labute approximate surface area is 153 Å². The minimum atomic E-state index is -1.15. The van der Waals surface area contributed by atoms with Gasteiger partial charge in [-0.2, -0.15) is 0 Å². The molecule has 0 saturated carbocycles. The number of nitrogens with one attached hydrogen (secondary N) is 1. The van der Waals surface area contributed by atoms with Crippen LogP contribution in [0.5, 0.6) is 0 Å². The molecule has 0 aromatic heterocycles. The second-order valence-electron chi connectivity index (χ2n) is 6.67. The lowest BCUT2D eigenvalue weighted by atomic mass is 9.97. The monoisotopic (exact) mass is 366 g/mol. The molecule has 5 N–H and O–H groups in total. The third-order valence-corrected chi connectivity index (χ3v) is 4.63. The van der Waals surface area contributed by atoms with E-state index in [1.165, 1.54) is 5.57 Å². The van der Waals surface area contributed by atoms with Crippen LogP contribution in [-0.2, 0) is 14.3 Å². The van der Waals surface area contributed by atoms with E-state index in [2.05, 4.69) is 24.1 Å². The number of allylic oxidation sites excluding steroid dienone is 2. The van der Waals surface area contributed by atoms with Gasteiger partial charge in [0.2, 0.25) is 5.91 Å². The van der Waals surface area contributed by atoms with Crippen molar-refractivity contribution in [2.45, 2.75) is 44.9 Å². The van der Waals surface area contributed by atoms with Crippen LogP contribution in [0.1, 0.15) is 26.7 Å². The number of morpholine rings is 1. The standard InChI is InChI=1S/C17H26N4O3S/c1-10-7-21(8-11(2)24-10)9-12-3-5-13(6-4-12)16(23)20-17(25)14(18)15(19)22/h3,5,10-11,14H,4,6-9,18H2,1-2H3,(H2,19,22)(H,20,23,25). The average Bonchev–Trinajstić information content (AvgIpc) is 2.53. The zero-order valence-electron chi connectivity index (χ0n) is 14.7. The third-order valence-electron chi connectivity index (χ3n) is 4.27. The molecule has 25 heavy (non-hydrogen) atoms. The van der Waals surface area contributed by atoms with E-state index in [0.717, 1.165) is 26.1 Å². The van der Waals surface area contributed by atoms with E-state index in [9.17, 15) is 9.59 Å². The zero-order valence-corrected chi connectivity index (χ0v) is 15.5. The molecule has 138 valence electrons. The minimum absolute atomic E-state index is 0.0514. The van der Waals surface area contributed by atoms with Crippen LogP contribution in [-0.4, -0.2) is 59.6 Å². The van der Waals surface area contributed by atoms with Crippen molar-refractivity contribution in [3.63, 3.8) is 0 Å². The number of hydrogen-bond donors (Lipinski definition) is 3. The van der Waals surface area contributed by atoms with E-state index >= 15 is 0 Å². The first-order valence-corrected chi connectivity index (χ1v) is 8.83. The van der Waals surface area contributed by atoms with E-state index in [1.807, 2.05) is 6.08 Å². The summed E-state index contributed by atoms with van der Waals surface area (Å²) < 4.78 is 5.75. The van der Waals surface area contributed by atoms with Crippen molar-refractivity contribution in [2.75, 3.05) is 19.6 Å². The molecule has 8 heteroatoms. The van der Waals surface area contributed by atoms with Gasteiger partial charge in [-0.25, -0.2) is 0 Å². The molecule has 7 nitrogen and oxygen atoms in total. The van der Waals surface area contributed by atoms with Crippen molar-refractivity contribution >= 4 is 29.0 Å². The number of carbonyl (C=O) groups is 2. The molecule has 0 aromatic carbocycles. The second kappa shape index (κ2) is 8.66. The van der Waals surface area contributed by atoms with Gasteiger partial charge in [-0.1, -0.05) is 29.9 Å². The number of nitrogens with two attached hydrogens (primary N) is 2. The van der Waals surface area contributed by atoms with Crippen LogP contribution in [0.2, 0.25) is 0 Å². The van der Waals surface area contributed by atoms with Gasteiger partial charge in [0.05, 0.1) is 12.2 Å². The number of hydrogen-bond acceptors (Lipinski definition) is 6. The Kier molecular flexibility index (Phi) is 6.83. The van der Waals surface area contributed by atoms with E-state index in [-0.39, 0.29) is 23.1 Å². The first kappa shape index (κ1) is 19.7. The summed E-state index contributed by atoms with van der Waals surface area (Å²) in [7, 11) is 0. The SMILES string of the molecule is CC1CN(CC2=CC=C(C(=O)NC(=S)C(N)C(N)=O)CC2)CC(C)O1. The minimum Gasteiger partial charge on any atom is -0.373 e. The molecule has 2 amide bonds. The topological polar surface area (TPSA) is 111 Å². The van der Waals surface area contributed by atoms with Crippen LogP contribution in [0, 0.1) is 0 Å². The van der Waals surface area contributed by atoms with Crippen molar-refractivity contribution in [1.82, 2.24) is 10.2 Å². The fourth-order valence-electron chi connectivity index (χ4n) is 3.10. The summed E-state index contributed by atoms with van der Waals surface area (Å²) in [6.07, 6.45) is 5.70. The van der Waals surface area contributed by atoms with E-state index in [0.29, 0.717) is 12.0 Å². The maximum Gasteiger partial charge on any atom is 0.252 e. The largest absolute Gasteiger partial charge is 0.373 e. The molecule has 0 aromatic rings. The van der Waals surface area contributed by atoms with Gasteiger partial charge in [0, 0.05) is 25.2 Å². The molecule has 1 aliphatic carbocycles. The summed E-state index contributed by atoms with van der Waals surface area (Å²) in [5.41, 5.74) is 12.5. The summed E-state index contributed by atoms with van der Waals surface area (Å²) >= 11 is 4.93. The molecule has 1 saturated heterocycles. The fourth-order valence-corrected chi connectivity index (χ4v) is 3.31. The number of rotatable bonds is 5. The molecule has 0 radical (unpaired) electrons. The Morgan fingerprint density at radius 3 is 2.48 bits per heavy atom. The highest BCUT2D eigenvalue weighted by atomic mass is 32.1. The first-order chi connectivity index (χ1) is 11.8. The number of nitrogens with zero attached hydrogens (tertiary/aromatic N) is 1. The lowest BCUT2D eigenvalue weighted by molar-refractivity contribution is -0.117. The van der Waals surface area contributed by atoms with Gasteiger partial charge in [0.15, 0.2) is 0 Å².